The molecule has 8 heteroatoms. The number of benzene rings is 1. The number of nitrogens with one attached hydrogen (secondary N) is 2. The molecule has 3 heterocycles. The van der Waals surface area contributed by atoms with Gasteiger partial charge in [-0.25, -0.2) is 0 Å². The molecule has 0 radical (unpaired) electrons. The van der Waals surface area contributed by atoms with E-state index >= 15 is 0 Å². The number of hydrogen-bond acceptors (Lipinski definition) is 4. The van der Waals surface area contributed by atoms with Crippen LogP contribution in [0.3, 0.4) is 0 Å². The predicted octanol–water partition coefficient (Wildman–Crippen LogP) is 2.89. The Hall–Kier alpha value is -2.48. The van der Waals surface area contributed by atoms with Gasteiger partial charge in [-0.3, -0.25) is 9.89 Å². The number of carbonyl (C=O) groups excluding carboxylic acids is 1. The number of amides is 1. The molecule has 0 bridgehead atoms. The summed E-state index contributed by atoms with van der Waals surface area (Å²) in [5.74, 6) is -0.0381. The Bertz CT molecular complexity index is 808. The lowest BCUT2D eigenvalue weighted by molar-refractivity contribution is -0.0498. The van der Waals surface area contributed by atoms with Crippen molar-refractivity contribution in [2.24, 2.45) is 5.41 Å². The normalized spacial score (nSPS) is 19.0. The Morgan fingerprint density at radius 3 is 2.78 bits per heavy atom. The largest absolute Gasteiger partial charge is 0.435 e. The number of nitrogens with zero attached hydrogens (tertiary/aromatic N) is 2. The number of H-pyrrole nitrogens is 1. The molecule has 0 saturated carbocycles. The van der Waals surface area contributed by atoms with Crippen molar-refractivity contribution in [1.82, 2.24) is 20.4 Å². The summed E-state index contributed by atoms with van der Waals surface area (Å²) in [6.45, 7) is 0.632. The van der Waals surface area contributed by atoms with Crippen LogP contribution in [-0.4, -0.2) is 53.8 Å². The fourth-order valence-corrected chi connectivity index (χ4v) is 4.07. The highest BCUT2D eigenvalue weighted by molar-refractivity contribution is 5.99. The van der Waals surface area contributed by atoms with Crippen molar-refractivity contribution in [3.05, 3.63) is 36.0 Å². The van der Waals surface area contributed by atoms with E-state index in [1.54, 1.807) is 12.1 Å². The van der Waals surface area contributed by atoms with E-state index in [9.17, 15) is 13.6 Å². The van der Waals surface area contributed by atoms with E-state index in [2.05, 4.69) is 20.3 Å². The van der Waals surface area contributed by atoms with Crippen LogP contribution in [0.25, 0.3) is 11.3 Å². The van der Waals surface area contributed by atoms with Crippen molar-refractivity contribution in [3.63, 3.8) is 0 Å². The third kappa shape index (κ3) is 3.66. The second kappa shape index (κ2) is 7.26. The number of ether oxygens (including phenoxy) is 1. The quantitative estimate of drug-likeness (QED) is 0.861. The highest BCUT2D eigenvalue weighted by Gasteiger charge is 2.38. The first-order chi connectivity index (χ1) is 13.1. The average Bonchev–Trinajstić information content (AvgIpc) is 3.31. The lowest BCUT2D eigenvalue weighted by atomic mass is 9.78. The fourth-order valence-electron chi connectivity index (χ4n) is 4.07. The van der Waals surface area contributed by atoms with E-state index in [4.69, 9.17) is 0 Å². The van der Waals surface area contributed by atoms with Crippen molar-refractivity contribution >= 4 is 5.91 Å². The van der Waals surface area contributed by atoms with Gasteiger partial charge in [0.15, 0.2) is 0 Å². The van der Waals surface area contributed by atoms with Gasteiger partial charge in [-0.05, 0) is 43.4 Å². The van der Waals surface area contributed by atoms with Gasteiger partial charge in [0.2, 0.25) is 0 Å². The summed E-state index contributed by atoms with van der Waals surface area (Å²) in [5.41, 5.74) is 1.88. The number of carbonyl (C=O) groups is 1. The van der Waals surface area contributed by atoms with E-state index in [-0.39, 0.29) is 11.7 Å². The van der Waals surface area contributed by atoms with Crippen molar-refractivity contribution in [3.8, 4) is 17.0 Å². The lowest BCUT2D eigenvalue weighted by Gasteiger charge is -2.38. The average molecular weight is 376 g/mol. The molecule has 2 saturated heterocycles. The zero-order chi connectivity index (χ0) is 18.9. The number of likely N-dealkylation sites (tertiary alicyclic amines) is 1. The summed E-state index contributed by atoms with van der Waals surface area (Å²) < 4.78 is 29.4. The van der Waals surface area contributed by atoms with Crippen LogP contribution in [0.4, 0.5) is 8.78 Å². The molecule has 2 N–H and O–H groups in total. The molecule has 0 unspecified atom stereocenters. The number of piperidine rings is 1. The summed E-state index contributed by atoms with van der Waals surface area (Å²) in [6, 6.07) is 6.27. The van der Waals surface area contributed by atoms with E-state index in [1.165, 1.54) is 24.8 Å². The summed E-state index contributed by atoms with van der Waals surface area (Å²) in [5, 5.41) is 10.2. The number of hydrogen-bond donors (Lipinski definition) is 2. The zero-order valence-corrected chi connectivity index (χ0v) is 14.9. The molecule has 6 nitrogen and oxygen atoms in total. The molecule has 0 atom stereocenters. The maximum Gasteiger partial charge on any atom is 0.387 e. The van der Waals surface area contributed by atoms with E-state index < -0.39 is 6.61 Å². The number of alkyl halides is 2. The van der Waals surface area contributed by atoms with Crippen LogP contribution in [0.1, 0.15) is 29.6 Å². The summed E-state index contributed by atoms with van der Waals surface area (Å²) in [4.78, 5) is 14.9. The maximum absolute atomic E-state index is 13.0. The van der Waals surface area contributed by atoms with Gasteiger partial charge in [-0.2, -0.15) is 13.9 Å². The lowest BCUT2D eigenvalue weighted by Crippen LogP contribution is -2.44. The molecule has 1 spiro atoms. The van der Waals surface area contributed by atoms with Gasteiger partial charge in [-0.15, -0.1) is 0 Å². The van der Waals surface area contributed by atoms with E-state index in [0.717, 1.165) is 39.0 Å². The molecule has 4 rings (SSSR count). The Kier molecular flexibility index (Phi) is 4.82. The smallest absolute Gasteiger partial charge is 0.387 e. The maximum atomic E-state index is 13.0. The Labute approximate surface area is 155 Å². The third-order valence-corrected chi connectivity index (χ3v) is 5.66. The van der Waals surface area contributed by atoms with Crippen molar-refractivity contribution < 1.29 is 18.3 Å². The molecule has 1 aromatic carbocycles. The topological polar surface area (TPSA) is 70.2 Å². The van der Waals surface area contributed by atoms with E-state index in [1.807, 2.05) is 4.90 Å². The van der Waals surface area contributed by atoms with Crippen LogP contribution in [0.2, 0.25) is 0 Å². The summed E-state index contributed by atoms with van der Waals surface area (Å²) in [6.07, 6.45) is 4.66. The monoisotopic (exact) mass is 376 g/mol. The second-order valence-corrected chi connectivity index (χ2v) is 7.28. The highest BCUT2D eigenvalue weighted by atomic mass is 19.3. The third-order valence-electron chi connectivity index (χ3n) is 5.66. The van der Waals surface area contributed by atoms with Crippen molar-refractivity contribution in [2.75, 3.05) is 26.2 Å². The SMILES string of the molecule is O=C(c1cn[nH]c1-c1cccc(OC(F)F)c1)N1CCC2(CCNC2)CC1. The number of aromatic nitrogens is 2. The molecular formula is C19H22F2N4O2. The van der Waals surface area contributed by atoms with Gasteiger partial charge >= 0.3 is 6.61 Å². The van der Waals surface area contributed by atoms with E-state index in [0.29, 0.717) is 22.2 Å². The van der Waals surface area contributed by atoms with Crippen LogP contribution in [0, 0.1) is 5.41 Å². The number of aromatic amines is 1. The molecule has 2 aliphatic rings. The first-order valence-electron chi connectivity index (χ1n) is 9.15. The van der Waals surface area contributed by atoms with Crippen LogP contribution < -0.4 is 10.1 Å². The molecule has 27 heavy (non-hydrogen) atoms. The van der Waals surface area contributed by atoms with Crippen LogP contribution >= 0.6 is 0 Å². The molecule has 144 valence electrons. The van der Waals surface area contributed by atoms with Gasteiger partial charge in [0.05, 0.1) is 17.5 Å². The molecule has 1 amide bonds. The van der Waals surface area contributed by atoms with Crippen molar-refractivity contribution in [2.45, 2.75) is 25.9 Å². The molecule has 1 aromatic heterocycles. The molecule has 0 aliphatic carbocycles. The minimum absolute atomic E-state index is 0.0455. The minimum Gasteiger partial charge on any atom is -0.435 e. The molecule has 2 aliphatic heterocycles. The standard InChI is InChI=1S/C19H22F2N4O2/c20-18(21)27-14-3-1-2-13(10-14)16-15(11-23-24-16)17(26)25-8-5-19(6-9-25)4-7-22-12-19/h1-3,10-11,18,22H,4-9,12H2,(H,23,24). The summed E-state index contributed by atoms with van der Waals surface area (Å²) in [7, 11) is 0. The van der Waals surface area contributed by atoms with Gasteiger partial charge in [-0.1, -0.05) is 12.1 Å². The van der Waals surface area contributed by atoms with Gasteiger partial charge < -0.3 is 15.0 Å². The Balaban J connectivity index is 1.51. The van der Waals surface area contributed by atoms with Crippen LogP contribution in [-0.2, 0) is 0 Å². The van der Waals surface area contributed by atoms with Gasteiger partial charge in [0.25, 0.3) is 5.91 Å². The van der Waals surface area contributed by atoms with Gasteiger partial charge in [0, 0.05) is 25.2 Å². The molecule has 2 fully saturated rings. The fraction of sp³-hybridized carbons (Fsp3) is 0.474. The number of halogens is 2. The zero-order valence-electron chi connectivity index (χ0n) is 14.9. The summed E-state index contributed by atoms with van der Waals surface area (Å²) >= 11 is 0. The molecule has 2 aromatic rings. The first-order valence-corrected chi connectivity index (χ1v) is 9.15. The van der Waals surface area contributed by atoms with Crippen LogP contribution in [0.15, 0.2) is 30.5 Å². The van der Waals surface area contributed by atoms with Crippen LogP contribution in [0.5, 0.6) is 5.75 Å². The Morgan fingerprint density at radius 2 is 2.07 bits per heavy atom. The predicted molar refractivity (Wildman–Crippen MR) is 95.7 cm³/mol. The Morgan fingerprint density at radius 1 is 1.26 bits per heavy atom. The highest BCUT2D eigenvalue weighted by Crippen LogP contribution is 2.37. The number of rotatable bonds is 4. The van der Waals surface area contributed by atoms with Gasteiger partial charge in [0.1, 0.15) is 5.75 Å². The second-order valence-electron chi connectivity index (χ2n) is 7.28. The first kappa shape index (κ1) is 17.9. The molecular weight excluding hydrogens is 354 g/mol. The van der Waals surface area contributed by atoms with Crippen molar-refractivity contribution in [1.29, 1.82) is 0 Å². The minimum atomic E-state index is -2.89.